The van der Waals surface area contributed by atoms with E-state index in [2.05, 4.69) is 9.98 Å². The Kier molecular flexibility index (Phi) is 2.13. The quantitative estimate of drug-likeness (QED) is 0.532. The van der Waals surface area contributed by atoms with Crippen LogP contribution in [0.15, 0.2) is 29.4 Å². The Hall–Kier alpha value is -1.93. The van der Waals surface area contributed by atoms with Gasteiger partial charge in [0, 0.05) is 12.6 Å². The highest BCUT2D eigenvalue weighted by molar-refractivity contribution is 5.68. The zero-order valence-electron chi connectivity index (χ0n) is 7.77. The molecule has 0 bridgehead atoms. The molecular formula is C10H9N3O. The van der Waals surface area contributed by atoms with Crippen LogP contribution in [0.25, 0.3) is 5.52 Å². The molecule has 0 radical (unpaired) electrons. The monoisotopic (exact) mass is 187 g/mol. The van der Waals surface area contributed by atoms with E-state index >= 15 is 0 Å². The lowest BCUT2D eigenvalue weighted by atomic mass is 10.4. The molecule has 0 amide bonds. The lowest BCUT2D eigenvalue weighted by Gasteiger charge is -1.94. The van der Waals surface area contributed by atoms with Crippen molar-refractivity contribution < 1.29 is 4.79 Å². The fourth-order valence-electron chi connectivity index (χ4n) is 1.46. The fraction of sp³-hybridized carbons (Fsp3) is 0.200. The Labute approximate surface area is 80.9 Å². The molecule has 2 aromatic heterocycles. The van der Waals surface area contributed by atoms with Gasteiger partial charge >= 0.3 is 0 Å². The molecule has 4 nitrogen and oxygen atoms in total. The van der Waals surface area contributed by atoms with Crippen molar-refractivity contribution in [3.63, 3.8) is 0 Å². The van der Waals surface area contributed by atoms with E-state index < -0.39 is 0 Å². The maximum absolute atomic E-state index is 10.2. The molecule has 4 heteroatoms. The first-order chi connectivity index (χ1) is 6.86. The normalized spacial score (nSPS) is 10.1. The molecular weight excluding hydrogens is 178 g/mol. The third-order valence-electron chi connectivity index (χ3n) is 2.07. The number of nitrogens with zero attached hydrogens (tertiary/aromatic N) is 3. The largest absolute Gasteiger partial charge is 0.302 e. The number of pyridine rings is 1. The van der Waals surface area contributed by atoms with Crippen LogP contribution in [-0.4, -0.2) is 15.5 Å². The summed E-state index contributed by atoms with van der Waals surface area (Å²) in [7, 11) is 0. The van der Waals surface area contributed by atoms with Gasteiger partial charge in [-0.2, -0.15) is 0 Å². The molecule has 70 valence electrons. The van der Waals surface area contributed by atoms with Gasteiger partial charge in [-0.15, -0.1) is 4.99 Å². The summed E-state index contributed by atoms with van der Waals surface area (Å²) in [5.41, 5.74) is 0.840. The number of hydrogen-bond acceptors (Lipinski definition) is 3. The van der Waals surface area contributed by atoms with E-state index in [4.69, 9.17) is 0 Å². The zero-order valence-corrected chi connectivity index (χ0v) is 7.77. The summed E-state index contributed by atoms with van der Waals surface area (Å²) >= 11 is 0. The SMILES string of the molecule is CCc1nc(N=C=O)c2ccccn12. The standard InChI is InChI=1S/C10H9N3O/c1-2-9-12-10(11-7-14)8-5-3-4-6-13(8)9/h3-6H,2H2,1H3. The van der Waals surface area contributed by atoms with Gasteiger partial charge in [0.05, 0.1) is 5.52 Å². The fourth-order valence-corrected chi connectivity index (χ4v) is 1.46. The minimum Gasteiger partial charge on any atom is -0.302 e. The second kappa shape index (κ2) is 3.44. The molecule has 0 unspecified atom stereocenters. The Morgan fingerprint density at radius 3 is 3.14 bits per heavy atom. The van der Waals surface area contributed by atoms with Crippen LogP contribution in [-0.2, 0) is 11.2 Å². The number of rotatable bonds is 2. The second-order valence-electron chi connectivity index (χ2n) is 2.86. The van der Waals surface area contributed by atoms with Crippen LogP contribution in [0.2, 0.25) is 0 Å². The molecule has 2 aromatic rings. The molecule has 14 heavy (non-hydrogen) atoms. The number of aromatic nitrogens is 2. The van der Waals surface area contributed by atoms with Gasteiger partial charge in [-0.1, -0.05) is 13.0 Å². The highest BCUT2D eigenvalue weighted by Crippen LogP contribution is 2.20. The number of isocyanates is 1. The van der Waals surface area contributed by atoms with Gasteiger partial charge in [-0.25, -0.2) is 9.78 Å². The van der Waals surface area contributed by atoms with E-state index in [0.29, 0.717) is 5.82 Å². The van der Waals surface area contributed by atoms with Crippen molar-refractivity contribution in [2.24, 2.45) is 4.99 Å². The van der Waals surface area contributed by atoms with Crippen molar-refractivity contribution in [2.45, 2.75) is 13.3 Å². The molecule has 0 aliphatic rings. The molecule has 0 aromatic carbocycles. The van der Waals surface area contributed by atoms with E-state index in [-0.39, 0.29) is 0 Å². The van der Waals surface area contributed by atoms with Crippen LogP contribution >= 0.6 is 0 Å². The van der Waals surface area contributed by atoms with Gasteiger partial charge in [0.15, 0.2) is 5.82 Å². The lowest BCUT2D eigenvalue weighted by Crippen LogP contribution is -1.90. The highest BCUT2D eigenvalue weighted by Gasteiger charge is 2.07. The number of carbonyl (C=O) groups excluding carboxylic acids is 1. The maximum Gasteiger partial charge on any atom is 0.242 e. The third kappa shape index (κ3) is 1.22. The Bertz CT molecular complexity index is 509. The first-order valence-corrected chi connectivity index (χ1v) is 4.40. The van der Waals surface area contributed by atoms with Gasteiger partial charge in [-0.3, -0.25) is 0 Å². The van der Waals surface area contributed by atoms with E-state index in [1.54, 1.807) is 0 Å². The van der Waals surface area contributed by atoms with Crippen molar-refractivity contribution in [1.82, 2.24) is 9.38 Å². The molecule has 0 fully saturated rings. The molecule has 0 atom stereocenters. The molecule has 2 heterocycles. The first-order valence-electron chi connectivity index (χ1n) is 4.40. The number of fused-ring (bicyclic) bond motifs is 1. The molecule has 0 spiro atoms. The number of imidazole rings is 1. The van der Waals surface area contributed by atoms with Crippen molar-refractivity contribution >= 4 is 17.4 Å². The Morgan fingerprint density at radius 2 is 2.43 bits per heavy atom. The van der Waals surface area contributed by atoms with Crippen LogP contribution in [0.5, 0.6) is 0 Å². The summed E-state index contributed by atoms with van der Waals surface area (Å²) < 4.78 is 1.93. The van der Waals surface area contributed by atoms with Crippen molar-refractivity contribution in [2.75, 3.05) is 0 Å². The van der Waals surface area contributed by atoms with Crippen LogP contribution in [0.3, 0.4) is 0 Å². The van der Waals surface area contributed by atoms with Gasteiger partial charge in [-0.05, 0) is 12.1 Å². The van der Waals surface area contributed by atoms with E-state index in [1.165, 1.54) is 6.08 Å². The summed E-state index contributed by atoms with van der Waals surface area (Å²) in [5, 5.41) is 0. The predicted octanol–water partition coefficient (Wildman–Crippen LogP) is 1.86. The van der Waals surface area contributed by atoms with Gasteiger partial charge in [0.25, 0.3) is 0 Å². The third-order valence-corrected chi connectivity index (χ3v) is 2.07. The van der Waals surface area contributed by atoms with Crippen LogP contribution in [0.1, 0.15) is 12.7 Å². The summed E-state index contributed by atoms with van der Waals surface area (Å²) in [6.07, 6.45) is 4.23. The number of aryl methyl sites for hydroxylation is 1. The Morgan fingerprint density at radius 1 is 1.57 bits per heavy atom. The van der Waals surface area contributed by atoms with E-state index in [0.717, 1.165) is 17.8 Å². The number of aliphatic imine (C=N–C) groups is 1. The second-order valence-corrected chi connectivity index (χ2v) is 2.86. The van der Waals surface area contributed by atoms with Crippen LogP contribution in [0.4, 0.5) is 5.82 Å². The Balaban J connectivity index is 2.79. The van der Waals surface area contributed by atoms with Crippen LogP contribution in [0, 0.1) is 0 Å². The van der Waals surface area contributed by atoms with Crippen molar-refractivity contribution in [3.8, 4) is 0 Å². The summed E-state index contributed by atoms with van der Waals surface area (Å²) in [4.78, 5) is 18.0. The topological polar surface area (TPSA) is 46.7 Å². The summed E-state index contributed by atoms with van der Waals surface area (Å²) in [5.74, 6) is 1.34. The molecule has 0 N–H and O–H groups in total. The zero-order chi connectivity index (χ0) is 9.97. The van der Waals surface area contributed by atoms with Gasteiger partial charge < -0.3 is 4.40 Å². The minimum absolute atomic E-state index is 0.442. The van der Waals surface area contributed by atoms with Gasteiger partial charge in [0.2, 0.25) is 6.08 Å². The van der Waals surface area contributed by atoms with Crippen molar-refractivity contribution in [3.05, 3.63) is 30.2 Å². The molecule has 0 saturated heterocycles. The maximum atomic E-state index is 10.2. The van der Waals surface area contributed by atoms with Gasteiger partial charge in [0.1, 0.15) is 5.82 Å². The number of hydrogen-bond donors (Lipinski definition) is 0. The molecule has 0 aliphatic heterocycles. The average molecular weight is 187 g/mol. The summed E-state index contributed by atoms with van der Waals surface area (Å²) in [6.45, 7) is 2.01. The average Bonchev–Trinajstić information content (AvgIpc) is 2.58. The summed E-state index contributed by atoms with van der Waals surface area (Å²) in [6, 6.07) is 5.69. The minimum atomic E-state index is 0.442. The van der Waals surface area contributed by atoms with Crippen LogP contribution < -0.4 is 0 Å². The lowest BCUT2D eigenvalue weighted by molar-refractivity contribution is 0.565. The molecule has 2 rings (SSSR count). The highest BCUT2D eigenvalue weighted by atomic mass is 16.1. The smallest absolute Gasteiger partial charge is 0.242 e. The molecule has 0 saturated carbocycles. The van der Waals surface area contributed by atoms with Crippen molar-refractivity contribution in [1.29, 1.82) is 0 Å². The van der Waals surface area contributed by atoms with E-state index in [9.17, 15) is 4.79 Å². The predicted molar refractivity (Wildman–Crippen MR) is 52.4 cm³/mol. The first kappa shape index (κ1) is 8.66. The molecule has 0 aliphatic carbocycles. The van der Waals surface area contributed by atoms with E-state index in [1.807, 2.05) is 35.7 Å².